The minimum absolute atomic E-state index is 0.0790. The van der Waals surface area contributed by atoms with Gasteiger partial charge >= 0.3 is 5.97 Å². The fourth-order valence-electron chi connectivity index (χ4n) is 2.83. The summed E-state index contributed by atoms with van der Waals surface area (Å²) in [4.78, 5) is 16.3. The third-order valence-electron chi connectivity index (χ3n) is 3.82. The number of rotatable bonds is 2. The minimum Gasteiger partial charge on any atom is -0.478 e. The van der Waals surface area contributed by atoms with Crippen molar-refractivity contribution < 1.29 is 14.6 Å². The Labute approximate surface area is 124 Å². The van der Waals surface area contributed by atoms with E-state index in [0.29, 0.717) is 17.4 Å². The largest absolute Gasteiger partial charge is 0.478 e. The van der Waals surface area contributed by atoms with Gasteiger partial charge in [-0.25, -0.2) is 4.79 Å². The van der Waals surface area contributed by atoms with E-state index in [1.165, 1.54) is 0 Å². The highest BCUT2D eigenvalue weighted by Crippen LogP contribution is 2.31. The lowest BCUT2D eigenvalue weighted by molar-refractivity contribution is 0.0690. The van der Waals surface area contributed by atoms with E-state index in [0.717, 1.165) is 34.1 Å². The number of benzene rings is 1. The van der Waals surface area contributed by atoms with Crippen molar-refractivity contribution >= 4 is 32.8 Å². The molecule has 0 radical (unpaired) electrons. The van der Waals surface area contributed by atoms with Crippen LogP contribution in [0.2, 0.25) is 0 Å². The van der Waals surface area contributed by atoms with Crippen molar-refractivity contribution in [2.45, 2.75) is 25.4 Å². The van der Waals surface area contributed by atoms with Crippen molar-refractivity contribution in [3.8, 4) is 0 Å². The lowest BCUT2D eigenvalue weighted by Gasteiger charge is -2.25. The Morgan fingerprint density at radius 2 is 2.30 bits per heavy atom. The number of methoxy groups -OCH3 is 1. The second-order valence-corrected chi connectivity index (χ2v) is 5.89. The maximum absolute atomic E-state index is 11.7. The van der Waals surface area contributed by atoms with Gasteiger partial charge in [0.2, 0.25) is 0 Å². The van der Waals surface area contributed by atoms with E-state index in [-0.39, 0.29) is 6.10 Å². The van der Waals surface area contributed by atoms with E-state index in [2.05, 4.69) is 20.9 Å². The molecular formula is C15H14BrNO3. The number of halogens is 1. The van der Waals surface area contributed by atoms with Gasteiger partial charge in [-0.2, -0.15) is 0 Å². The zero-order chi connectivity index (χ0) is 14.3. The second-order valence-electron chi connectivity index (χ2n) is 4.98. The molecule has 0 saturated heterocycles. The van der Waals surface area contributed by atoms with Crippen molar-refractivity contribution in [3.05, 3.63) is 39.5 Å². The molecule has 0 spiro atoms. The van der Waals surface area contributed by atoms with Crippen LogP contribution in [-0.4, -0.2) is 29.3 Å². The van der Waals surface area contributed by atoms with Crippen LogP contribution in [0, 0.1) is 0 Å². The summed E-state index contributed by atoms with van der Waals surface area (Å²) in [5, 5.41) is 10.3. The molecule has 1 aliphatic rings. The van der Waals surface area contributed by atoms with Gasteiger partial charge in [0.1, 0.15) is 0 Å². The molecule has 1 aromatic carbocycles. The molecule has 5 heteroatoms. The molecular weight excluding hydrogens is 322 g/mol. The van der Waals surface area contributed by atoms with Gasteiger partial charge in [0.25, 0.3) is 0 Å². The van der Waals surface area contributed by atoms with Crippen LogP contribution in [0.25, 0.3) is 10.9 Å². The summed E-state index contributed by atoms with van der Waals surface area (Å²) in [6.45, 7) is 0. The third-order valence-corrected chi connectivity index (χ3v) is 4.31. The van der Waals surface area contributed by atoms with Crippen LogP contribution in [0.15, 0.2) is 22.7 Å². The molecule has 0 bridgehead atoms. The zero-order valence-corrected chi connectivity index (χ0v) is 12.6. The van der Waals surface area contributed by atoms with Crippen molar-refractivity contribution in [3.63, 3.8) is 0 Å². The number of fused-ring (bicyclic) bond motifs is 2. The molecule has 0 amide bonds. The Morgan fingerprint density at radius 1 is 1.50 bits per heavy atom. The Morgan fingerprint density at radius 3 is 3.00 bits per heavy atom. The highest BCUT2D eigenvalue weighted by atomic mass is 79.9. The number of nitrogens with zero attached hydrogens (tertiary/aromatic N) is 1. The summed E-state index contributed by atoms with van der Waals surface area (Å²) in [6.07, 6.45) is 2.34. The van der Waals surface area contributed by atoms with Crippen LogP contribution < -0.4 is 0 Å². The smallest absolute Gasteiger partial charge is 0.336 e. The topological polar surface area (TPSA) is 59.4 Å². The molecule has 3 rings (SSSR count). The molecule has 1 heterocycles. The number of aryl methyl sites for hydroxylation is 1. The van der Waals surface area contributed by atoms with Crippen molar-refractivity contribution in [2.75, 3.05) is 7.11 Å². The average Bonchev–Trinajstić information content (AvgIpc) is 2.43. The van der Waals surface area contributed by atoms with Gasteiger partial charge in [0.05, 0.1) is 17.2 Å². The van der Waals surface area contributed by atoms with Gasteiger partial charge in [-0.05, 0) is 30.5 Å². The van der Waals surface area contributed by atoms with E-state index in [1.807, 2.05) is 18.2 Å². The SMILES string of the molecule is COC1CCc2nc3cc(Br)ccc3c(C(=O)O)c2C1. The number of aromatic carboxylic acids is 1. The maximum atomic E-state index is 11.7. The number of ether oxygens (including phenoxy) is 1. The number of hydrogen-bond donors (Lipinski definition) is 1. The quantitative estimate of drug-likeness (QED) is 0.915. The Bertz CT molecular complexity index is 699. The van der Waals surface area contributed by atoms with Gasteiger partial charge in [0, 0.05) is 29.1 Å². The van der Waals surface area contributed by atoms with Crippen molar-refractivity contribution in [1.82, 2.24) is 4.98 Å². The number of aromatic nitrogens is 1. The van der Waals surface area contributed by atoms with Gasteiger partial charge < -0.3 is 9.84 Å². The Kier molecular flexibility index (Phi) is 3.48. The lowest BCUT2D eigenvalue weighted by atomic mass is 9.88. The summed E-state index contributed by atoms with van der Waals surface area (Å²) in [6, 6.07) is 5.52. The van der Waals surface area contributed by atoms with E-state index in [9.17, 15) is 9.90 Å². The maximum Gasteiger partial charge on any atom is 0.336 e. The standard InChI is InChI=1S/C15H14BrNO3/c1-20-9-3-5-12-11(7-9)14(15(18)19)10-4-2-8(16)6-13(10)17-12/h2,4,6,9H,3,5,7H2,1H3,(H,18,19). The van der Waals surface area contributed by atoms with Crippen LogP contribution in [0.5, 0.6) is 0 Å². The number of carboxylic acids is 1. The number of pyridine rings is 1. The van der Waals surface area contributed by atoms with Gasteiger partial charge in [0.15, 0.2) is 0 Å². The van der Waals surface area contributed by atoms with Crippen LogP contribution in [-0.2, 0) is 17.6 Å². The van der Waals surface area contributed by atoms with Crippen LogP contribution in [0.3, 0.4) is 0 Å². The first-order chi connectivity index (χ1) is 9.60. The zero-order valence-electron chi connectivity index (χ0n) is 11.0. The fraction of sp³-hybridized carbons (Fsp3) is 0.333. The summed E-state index contributed by atoms with van der Waals surface area (Å²) in [5.41, 5.74) is 2.82. The Hall–Kier alpha value is -1.46. The monoisotopic (exact) mass is 335 g/mol. The van der Waals surface area contributed by atoms with Gasteiger partial charge in [-0.3, -0.25) is 4.98 Å². The second kappa shape index (κ2) is 5.14. The average molecular weight is 336 g/mol. The molecule has 1 unspecified atom stereocenters. The van der Waals surface area contributed by atoms with E-state index < -0.39 is 5.97 Å². The molecule has 0 fully saturated rings. The van der Waals surface area contributed by atoms with Crippen molar-refractivity contribution in [2.24, 2.45) is 0 Å². The molecule has 1 N–H and O–H groups in total. The minimum atomic E-state index is -0.896. The molecule has 0 aliphatic heterocycles. The van der Waals surface area contributed by atoms with E-state index >= 15 is 0 Å². The highest BCUT2D eigenvalue weighted by Gasteiger charge is 2.26. The van der Waals surface area contributed by atoms with Crippen LogP contribution >= 0.6 is 15.9 Å². The Balaban J connectivity index is 2.29. The highest BCUT2D eigenvalue weighted by molar-refractivity contribution is 9.10. The number of carbonyl (C=O) groups is 1. The van der Waals surface area contributed by atoms with Gasteiger partial charge in [-0.15, -0.1) is 0 Å². The summed E-state index contributed by atoms with van der Waals surface area (Å²) < 4.78 is 6.29. The van der Waals surface area contributed by atoms with E-state index in [4.69, 9.17) is 4.74 Å². The molecule has 104 valence electrons. The molecule has 1 aliphatic carbocycles. The first-order valence-electron chi connectivity index (χ1n) is 6.47. The number of hydrogen-bond acceptors (Lipinski definition) is 3. The predicted octanol–water partition coefficient (Wildman–Crippen LogP) is 3.20. The van der Waals surface area contributed by atoms with Crippen molar-refractivity contribution in [1.29, 1.82) is 0 Å². The summed E-state index contributed by atoms with van der Waals surface area (Å²) >= 11 is 3.40. The first-order valence-corrected chi connectivity index (χ1v) is 7.26. The summed E-state index contributed by atoms with van der Waals surface area (Å²) in [7, 11) is 1.67. The van der Waals surface area contributed by atoms with E-state index in [1.54, 1.807) is 7.11 Å². The molecule has 4 nitrogen and oxygen atoms in total. The number of carboxylic acid groups (broad SMARTS) is 1. The predicted molar refractivity (Wildman–Crippen MR) is 79.2 cm³/mol. The first kappa shape index (κ1) is 13.5. The molecule has 20 heavy (non-hydrogen) atoms. The molecule has 1 atom stereocenters. The molecule has 2 aromatic rings. The molecule has 1 aromatic heterocycles. The summed E-state index contributed by atoms with van der Waals surface area (Å²) in [5.74, 6) is -0.896. The normalized spacial score (nSPS) is 18.0. The van der Waals surface area contributed by atoms with Crippen LogP contribution in [0.4, 0.5) is 0 Å². The third kappa shape index (κ3) is 2.21. The molecule has 0 saturated carbocycles. The lowest BCUT2D eigenvalue weighted by Crippen LogP contribution is -2.24. The van der Waals surface area contributed by atoms with Crippen LogP contribution in [0.1, 0.15) is 28.0 Å². The van der Waals surface area contributed by atoms with Gasteiger partial charge in [-0.1, -0.05) is 22.0 Å². The fourth-order valence-corrected chi connectivity index (χ4v) is 3.18.